The molecule has 0 aliphatic carbocycles. The van der Waals surface area contributed by atoms with E-state index in [-0.39, 0.29) is 11.6 Å². The van der Waals surface area contributed by atoms with Gasteiger partial charge in [0.25, 0.3) is 0 Å². The summed E-state index contributed by atoms with van der Waals surface area (Å²) in [6.07, 6.45) is 5.49. The van der Waals surface area contributed by atoms with Crippen LogP contribution >= 0.6 is 0 Å². The van der Waals surface area contributed by atoms with Crippen molar-refractivity contribution < 1.29 is 4.79 Å². The van der Waals surface area contributed by atoms with E-state index in [2.05, 4.69) is 54.7 Å². The van der Waals surface area contributed by atoms with Crippen LogP contribution in [-0.2, 0) is 13.0 Å². The van der Waals surface area contributed by atoms with Crippen molar-refractivity contribution in [1.82, 2.24) is 40.4 Å². The normalized spacial score (nSPS) is 11.0. The lowest BCUT2D eigenvalue weighted by molar-refractivity contribution is 0.102. The molecule has 0 aliphatic heterocycles. The van der Waals surface area contributed by atoms with Crippen LogP contribution in [-0.4, -0.2) is 46.2 Å². The second kappa shape index (κ2) is 10.8. The van der Waals surface area contributed by atoms with Gasteiger partial charge >= 0.3 is 0 Å². The highest BCUT2D eigenvalue weighted by molar-refractivity contribution is 6.06. The molecule has 0 unspecified atom stereocenters. The molecule has 36 heavy (non-hydrogen) atoms. The first kappa shape index (κ1) is 23.2. The van der Waals surface area contributed by atoms with Crippen molar-refractivity contribution in [3.05, 3.63) is 95.7 Å². The summed E-state index contributed by atoms with van der Waals surface area (Å²) < 4.78 is 1.88. The number of nitrogens with one attached hydrogen (secondary N) is 1. The minimum Gasteiger partial charge on any atom is -0.285 e. The molecule has 2 aromatic carbocycles. The van der Waals surface area contributed by atoms with Crippen LogP contribution in [0.5, 0.6) is 0 Å². The Kier molecular flexibility index (Phi) is 6.98. The van der Waals surface area contributed by atoms with Gasteiger partial charge in [0.15, 0.2) is 0 Å². The number of ketones is 1. The summed E-state index contributed by atoms with van der Waals surface area (Å²) in [5.74, 6) is 1.31. The van der Waals surface area contributed by atoms with Crippen LogP contribution in [0.1, 0.15) is 53.8 Å². The zero-order chi connectivity index (χ0) is 24.7. The number of aromatic amines is 1. The molecule has 9 heteroatoms. The number of carbonyl (C=O) groups excluding carboxylic acids is 1. The van der Waals surface area contributed by atoms with E-state index in [4.69, 9.17) is 0 Å². The molecule has 0 saturated carbocycles. The lowest BCUT2D eigenvalue weighted by atomic mass is 10.0. The molecule has 180 valence electrons. The summed E-state index contributed by atoms with van der Waals surface area (Å²) in [4.78, 5) is 22.1. The number of hydrogen-bond acceptors (Lipinski definition) is 7. The second-order valence-corrected chi connectivity index (χ2v) is 8.49. The Balaban J connectivity index is 1.40. The SMILES string of the molecule is CCCCCn1nc(C(=O)c2ccccc2)nc1Cc1ccc(-c2cccnc2-c2nn[nH]n2)cc1. The van der Waals surface area contributed by atoms with Crippen LogP contribution in [0, 0.1) is 0 Å². The molecule has 9 nitrogen and oxygen atoms in total. The van der Waals surface area contributed by atoms with Gasteiger partial charge in [0.1, 0.15) is 11.5 Å². The number of rotatable bonds is 10. The topological polar surface area (TPSA) is 115 Å². The van der Waals surface area contributed by atoms with Crippen molar-refractivity contribution in [3.63, 3.8) is 0 Å². The van der Waals surface area contributed by atoms with E-state index in [1.54, 1.807) is 18.3 Å². The summed E-state index contributed by atoms with van der Waals surface area (Å²) >= 11 is 0. The van der Waals surface area contributed by atoms with Gasteiger partial charge in [-0.2, -0.15) is 5.21 Å². The van der Waals surface area contributed by atoms with Crippen LogP contribution in [0.2, 0.25) is 0 Å². The Labute approximate surface area is 208 Å². The van der Waals surface area contributed by atoms with Crippen molar-refractivity contribution in [2.24, 2.45) is 0 Å². The average Bonchev–Trinajstić information content (AvgIpc) is 3.60. The van der Waals surface area contributed by atoms with Crippen LogP contribution in [0.3, 0.4) is 0 Å². The van der Waals surface area contributed by atoms with Gasteiger partial charge in [0.2, 0.25) is 17.4 Å². The Bertz CT molecular complexity index is 1430. The van der Waals surface area contributed by atoms with Crippen molar-refractivity contribution in [2.75, 3.05) is 0 Å². The number of pyridine rings is 1. The minimum absolute atomic E-state index is 0.160. The Hall–Kier alpha value is -4.53. The standard InChI is InChI=1S/C27H26N8O/c1-2-3-7-17-35-23(29-27(32-35)25(36)21-9-5-4-6-10-21)18-19-12-14-20(15-13-19)22-11-8-16-28-24(22)26-30-33-34-31-26/h4-6,8-16H,2-3,7,17-18H2,1H3,(H,30,31,33,34). The van der Waals surface area contributed by atoms with Crippen LogP contribution < -0.4 is 0 Å². The van der Waals surface area contributed by atoms with Gasteiger partial charge in [-0.25, -0.2) is 9.67 Å². The number of H-pyrrole nitrogens is 1. The predicted octanol–water partition coefficient (Wildman–Crippen LogP) is 4.53. The van der Waals surface area contributed by atoms with Crippen LogP contribution in [0.4, 0.5) is 0 Å². The van der Waals surface area contributed by atoms with Gasteiger partial charge in [-0.3, -0.25) is 9.78 Å². The fourth-order valence-corrected chi connectivity index (χ4v) is 4.07. The monoisotopic (exact) mass is 478 g/mol. The van der Waals surface area contributed by atoms with E-state index in [0.29, 0.717) is 23.5 Å². The van der Waals surface area contributed by atoms with E-state index in [1.807, 2.05) is 47.1 Å². The molecule has 0 radical (unpaired) electrons. The van der Waals surface area contributed by atoms with E-state index in [1.165, 1.54) is 0 Å². The summed E-state index contributed by atoms with van der Waals surface area (Å²) in [5, 5.41) is 18.8. The largest absolute Gasteiger partial charge is 0.285 e. The second-order valence-electron chi connectivity index (χ2n) is 8.49. The Morgan fingerprint density at radius 2 is 1.81 bits per heavy atom. The zero-order valence-corrected chi connectivity index (χ0v) is 20.0. The van der Waals surface area contributed by atoms with Gasteiger partial charge in [-0.1, -0.05) is 80.4 Å². The zero-order valence-electron chi connectivity index (χ0n) is 20.0. The van der Waals surface area contributed by atoms with E-state index in [0.717, 1.165) is 48.3 Å². The maximum atomic E-state index is 13.0. The van der Waals surface area contributed by atoms with E-state index in [9.17, 15) is 4.79 Å². The fraction of sp³-hybridized carbons (Fsp3) is 0.222. The lowest BCUT2D eigenvalue weighted by Gasteiger charge is -2.08. The highest BCUT2D eigenvalue weighted by Gasteiger charge is 2.18. The number of tetrazole rings is 1. The van der Waals surface area contributed by atoms with Crippen LogP contribution in [0.25, 0.3) is 22.6 Å². The molecule has 0 saturated heterocycles. The molecule has 1 N–H and O–H groups in total. The number of benzene rings is 2. The van der Waals surface area contributed by atoms with Gasteiger partial charge < -0.3 is 0 Å². The smallest absolute Gasteiger partial charge is 0.232 e. The van der Waals surface area contributed by atoms with Gasteiger partial charge in [0.05, 0.1) is 0 Å². The number of hydrogen-bond donors (Lipinski definition) is 1. The third kappa shape index (κ3) is 5.10. The number of unbranched alkanes of at least 4 members (excludes halogenated alkanes) is 2. The van der Waals surface area contributed by atoms with Gasteiger partial charge in [0, 0.05) is 30.3 Å². The minimum atomic E-state index is -0.160. The number of aryl methyl sites for hydroxylation is 1. The molecule has 0 amide bonds. The molecule has 0 atom stereocenters. The van der Waals surface area contributed by atoms with Gasteiger partial charge in [-0.05, 0) is 28.8 Å². The molecular formula is C27H26N8O. The van der Waals surface area contributed by atoms with Crippen molar-refractivity contribution >= 4 is 5.78 Å². The molecule has 0 fully saturated rings. The summed E-state index contributed by atoms with van der Waals surface area (Å²) in [5.41, 5.74) is 4.25. The molecular weight excluding hydrogens is 452 g/mol. The highest BCUT2D eigenvalue weighted by Crippen LogP contribution is 2.28. The number of nitrogens with zero attached hydrogens (tertiary/aromatic N) is 7. The maximum absolute atomic E-state index is 13.0. The molecule has 0 bridgehead atoms. The van der Waals surface area contributed by atoms with Gasteiger partial charge in [-0.15, -0.1) is 15.3 Å². The first-order valence-corrected chi connectivity index (χ1v) is 12.0. The molecule has 3 heterocycles. The first-order chi connectivity index (χ1) is 17.7. The molecule has 0 aliphatic rings. The lowest BCUT2D eigenvalue weighted by Crippen LogP contribution is -2.07. The highest BCUT2D eigenvalue weighted by atomic mass is 16.1. The third-order valence-electron chi connectivity index (χ3n) is 5.95. The fourth-order valence-electron chi connectivity index (χ4n) is 4.07. The third-order valence-corrected chi connectivity index (χ3v) is 5.95. The van der Waals surface area contributed by atoms with Crippen molar-refractivity contribution in [2.45, 2.75) is 39.2 Å². The summed E-state index contributed by atoms with van der Waals surface area (Å²) in [7, 11) is 0. The van der Waals surface area contributed by atoms with E-state index < -0.39 is 0 Å². The summed E-state index contributed by atoms with van der Waals surface area (Å²) in [6, 6.07) is 21.3. The maximum Gasteiger partial charge on any atom is 0.232 e. The van der Waals surface area contributed by atoms with Crippen molar-refractivity contribution in [3.8, 4) is 22.6 Å². The molecule has 3 aromatic heterocycles. The van der Waals surface area contributed by atoms with E-state index >= 15 is 0 Å². The Morgan fingerprint density at radius 1 is 0.972 bits per heavy atom. The summed E-state index contributed by atoms with van der Waals surface area (Å²) in [6.45, 7) is 2.90. The first-order valence-electron chi connectivity index (χ1n) is 12.0. The molecule has 5 rings (SSSR count). The number of carbonyl (C=O) groups is 1. The quantitative estimate of drug-likeness (QED) is 0.232. The predicted molar refractivity (Wildman–Crippen MR) is 135 cm³/mol. The Morgan fingerprint density at radius 3 is 2.56 bits per heavy atom. The van der Waals surface area contributed by atoms with Crippen LogP contribution in [0.15, 0.2) is 72.9 Å². The average molecular weight is 479 g/mol. The molecule has 0 spiro atoms. The van der Waals surface area contributed by atoms with Crippen molar-refractivity contribution in [1.29, 1.82) is 0 Å². The number of aromatic nitrogens is 8. The molecule has 5 aromatic rings.